The van der Waals surface area contributed by atoms with E-state index in [1.807, 2.05) is 48.8 Å². The van der Waals surface area contributed by atoms with Crippen molar-refractivity contribution in [2.75, 3.05) is 4.90 Å². The van der Waals surface area contributed by atoms with Crippen LogP contribution in [0.1, 0.15) is 0 Å². The lowest BCUT2D eigenvalue weighted by Crippen LogP contribution is -2.12. The molecule has 3 nitrogen and oxygen atoms in total. The minimum Gasteiger partial charge on any atom is -0.279 e. The molecule has 0 bridgehead atoms. The van der Waals surface area contributed by atoms with Crippen molar-refractivity contribution < 1.29 is 0 Å². The van der Waals surface area contributed by atoms with E-state index in [9.17, 15) is 0 Å². The van der Waals surface area contributed by atoms with Crippen molar-refractivity contribution in [2.45, 2.75) is 0 Å². The Morgan fingerprint density at radius 3 is 1.47 bits per heavy atom. The lowest BCUT2D eigenvalue weighted by atomic mass is 9.87. The molecule has 0 saturated carbocycles. The van der Waals surface area contributed by atoms with E-state index in [0.29, 0.717) is 0 Å². The standard InChI is InChI=1S/C44H29N3/c1-2-12-32-27-33(20-19-30(32)11-1)41-29-34-28-40(36-13-3-5-15-38(36)44(34)39-16-6-4-14-37(39)41)31-21-23-35(24-22-31)47(42-17-7-9-25-45-42)43-18-8-10-26-46-43/h1-29H. The maximum atomic E-state index is 4.65. The molecule has 9 rings (SSSR count). The minimum absolute atomic E-state index is 0.822. The van der Waals surface area contributed by atoms with Crippen LogP contribution in [0, 0.1) is 0 Å². The number of nitrogens with zero attached hydrogens (tertiary/aromatic N) is 3. The molecule has 0 aliphatic rings. The summed E-state index contributed by atoms with van der Waals surface area (Å²) in [5.41, 5.74) is 5.85. The van der Waals surface area contributed by atoms with Gasteiger partial charge in [-0.05, 0) is 120 Å². The molecule has 0 fully saturated rings. The number of fused-ring (bicyclic) bond motifs is 6. The highest BCUT2D eigenvalue weighted by Gasteiger charge is 2.17. The summed E-state index contributed by atoms with van der Waals surface area (Å²) in [6.07, 6.45) is 3.63. The summed E-state index contributed by atoms with van der Waals surface area (Å²) in [4.78, 5) is 11.4. The fourth-order valence-electron chi connectivity index (χ4n) is 6.96. The number of anilines is 3. The number of rotatable bonds is 5. The molecule has 0 radical (unpaired) electrons. The van der Waals surface area contributed by atoms with E-state index in [1.165, 1.54) is 59.8 Å². The third kappa shape index (κ3) is 4.68. The number of pyridine rings is 2. The van der Waals surface area contributed by atoms with Gasteiger partial charge in [0.05, 0.1) is 0 Å². The fraction of sp³-hybridized carbons (Fsp3) is 0. The Hall–Kier alpha value is -6.32. The van der Waals surface area contributed by atoms with Crippen LogP contribution in [0.3, 0.4) is 0 Å². The van der Waals surface area contributed by atoms with Crippen LogP contribution in [0.25, 0.3) is 65.3 Å². The quantitative estimate of drug-likeness (QED) is 0.184. The first-order valence-corrected chi connectivity index (χ1v) is 15.9. The van der Waals surface area contributed by atoms with Crippen LogP contribution < -0.4 is 4.90 Å². The highest BCUT2D eigenvalue weighted by Crippen LogP contribution is 2.43. The van der Waals surface area contributed by atoms with Gasteiger partial charge >= 0.3 is 0 Å². The molecule has 0 spiro atoms. The predicted molar refractivity (Wildman–Crippen MR) is 198 cm³/mol. The molecule has 0 atom stereocenters. The summed E-state index contributed by atoms with van der Waals surface area (Å²) >= 11 is 0. The molecule has 0 amide bonds. The molecule has 2 heterocycles. The molecule has 9 aromatic rings. The second-order valence-electron chi connectivity index (χ2n) is 11.9. The summed E-state index contributed by atoms with van der Waals surface area (Å²) in [7, 11) is 0. The topological polar surface area (TPSA) is 29.0 Å². The lowest BCUT2D eigenvalue weighted by molar-refractivity contribution is 1.13. The van der Waals surface area contributed by atoms with Crippen molar-refractivity contribution in [1.29, 1.82) is 0 Å². The van der Waals surface area contributed by atoms with Gasteiger partial charge < -0.3 is 0 Å². The van der Waals surface area contributed by atoms with Crippen LogP contribution in [0.15, 0.2) is 176 Å². The van der Waals surface area contributed by atoms with Gasteiger partial charge in [-0.25, -0.2) is 9.97 Å². The van der Waals surface area contributed by atoms with Crippen molar-refractivity contribution in [1.82, 2.24) is 9.97 Å². The van der Waals surface area contributed by atoms with E-state index in [-0.39, 0.29) is 0 Å². The van der Waals surface area contributed by atoms with Crippen LogP contribution in [-0.2, 0) is 0 Å². The van der Waals surface area contributed by atoms with Gasteiger partial charge in [-0.15, -0.1) is 0 Å². The SMILES string of the molecule is c1ccc(N(c2ccc(-c3cc4cc(-c5ccc6ccccc6c5)c5ccccc5c4c4ccccc34)cc2)c2ccccn2)nc1. The molecule has 3 heteroatoms. The zero-order valence-corrected chi connectivity index (χ0v) is 25.6. The molecule has 7 aromatic carbocycles. The summed E-state index contributed by atoms with van der Waals surface area (Å²) in [6.45, 7) is 0. The fourth-order valence-corrected chi connectivity index (χ4v) is 6.96. The highest BCUT2D eigenvalue weighted by molar-refractivity contribution is 6.25. The Morgan fingerprint density at radius 2 is 0.872 bits per heavy atom. The third-order valence-electron chi connectivity index (χ3n) is 9.12. The molecular formula is C44H29N3. The molecule has 0 saturated heterocycles. The summed E-state index contributed by atoms with van der Waals surface area (Å²) < 4.78 is 0. The predicted octanol–water partition coefficient (Wildman–Crippen LogP) is 11.9. The molecule has 0 unspecified atom stereocenters. The molecular weight excluding hydrogens is 571 g/mol. The average Bonchev–Trinajstić information content (AvgIpc) is 3.15. The van der Waals surface area contributed by atoms with Crippen molar-refractivity contribution in [3.05, 3.63) is 176 Å². The molecule has 47 heavy (non-hydrogen) atoms. The van der Waals surface area contributed by atoms with E-state index >= 15 is 0 Å². The molecule has 0 N–H and O–H groups in total. The molecule has 2 aromatic heterocycles. The maximum Gasteiger partial charge on any atom is 0.138 e. The van der Waals surface area contributed by atoms with Crippen molar-refractivity contribution >= 4 is 60.4 Å². The number of hydrogen-bond donors (Lipinski definition) is 0. The van der Waals surface area contributed by atoms with Crippen LogP contribution in [0.5, 0.6) is 0 Å². The van der Waals surface area contributed by atoms with E-state index < -0.39 is 0 Å². The Kier molecular flexibility index (Phi) is 6.46. The first kappa shape index (κ1) is 27.0. The van der Waals surface area contributed by atoms with Gasteiger partial charge in [-0.1, -0.05) is 109 Å². The van der Waals surface area contributed by atoms with Gasteiger partial charge in [-0.3, -0.25) is 4.90 Å². The Labute approximate surface area is 273 Å². The normalized spacial score (nSPS) is 11.4. The van der Waals surface area contributed by atoms with Gasteiger partial charge in [0.2, 0.25) is 0 Å². The van der Waals surface area contributed by atoms with E-state index in [1.54, 1.807) is 0 Å². The summed E-state index contributed by atoms with van der Waals surface area (Å²) in [5, 5.41) is 10.1. The molecule has 0 aliphatic heterocycles. The van der Waals surface area contributed by atoms with Gasteiger partial charge in [0.1, 0.15) is 11.6 Å². The first-order chi connectivity index (χ1) is 23.3. The second kappa shape index (κ2) is 11.2. The summed E-state index contributed by atoms with van der Waals surface area (Å²) in [5.74, 6) is 1.64. The van der Waals surface area contributed by atoms with Gasteiger partial charge in [0.15, 0.2) is 0 Å². The maximum absolute atomic E-state index is 4.65. The smallest absolute Gasteiger partial charge is 0.138 e. The van der Waals surface area contributed by atoms with E-state index in [2.05, 4.69) is 142 Å². The second-order valence-corrected chi connectivity index (χ2v) is 11.9. The van der Waals surface area contributed by atoms with E-state index in [0.717, 1.165) is 22.9 Å². The molecule has 0 aliphatic carbocycles. The first-order valence-electron chi connectivity index (χ1n) is 15.9. The third-order valence-corrected chi connectivity index (χ3v) is 9.12. The van der Waals surface area contributed by atoms with Crippen LogP contribution in [0.4, 0.5) is 17.3 Å². The largest absolute Gasteiger partial charge is 0.279 e. The minimum atomic E-state index is 0.822. The molecule has 220 valence electrons. The van der Waals surface area contributed by atoms with Crippen molar-refractivity contribution in [3.63, 3.8) is 0 Å². The zero-order chi connectivity index (χ0) is 31.2. The number of aromatic nitrogens is 2. The number of hydrogen-bond acceptors (Lipinski definition) is 3. The van der Waals surface area contributed by atoms with Gasteiger partial charge in [0.25, 0.3) is 0 Å². The summed E-state index contributed by atoms with van der Waals surface area (Å²) in [6, 6.07) is 58.4. The van der Waals surface area contributed by atoms with Crippen molar-refractivity contribution in [2.24, 2.45) is 0 Å². The Balaban J connectivity index is 1.24. The average molecular weight is 600 g/mol. The van der Waals surface area contributed by atoms with E-state index in [4.69, 9.17) is 0 Å². The van der Waals surface area contributed by atoms with Crippen molar-refractivity contribution in [3.8, 4) is 22.3 Å². The number of benzene rings is 7. The van der Waals surface area contributed by atoms with Gasteiger partial charge in [0, 0.05) is 18.1 Å². The monoisotopic (exact) mass is 599 g/mol. The zero-order valence-electron chi connectivity index (χ0n) is 25.6. The lowest BCUT2D eigenvalue weighted by Gasteiger charge is -2.23. The van der Waals surface area contributed by atoms with Gasteiger partial charge in [-0.2, -0.15) is 0 Å². The van der Waals surface area contributed by atoms with Crippen LogP contribution in [-0.4, -0.2) is 9.97 Å². The highest BCUT2D eigenvalue weighted by atomic mass is 15.2. The van der Waals surface area contributed by atoms with Crippen LogP contribution >= 0.6 is 0 Å². The Morgan fingerprint density at radius 1 is 0.362 bits per heavy atom. The Bertz CT molecular complexity index is 2520. The van der Waals surface area contributed by atoms with Crippen LogP contribution in [0.2, 0.25) is 0 Å².